The van der Waals surface area contributed by atoms with E-state index in [9.17, 15) is 20.0 Å². The monoisotopic (exact) mass is 770 g/mol. The molecule has 5 aromatic heterocycles. The average molecular weight is 771 g/mol. The topological polar surface area (TPSA) is 110 Å². The lowest BCUT2D eigenvalue weighted by Crippen LogP contribution is -2.36. The van der Waals surface area contributed by atoms with Crippen LogP contribution in [0.4, 0.5) is 0 Å². The summed E-state index contributed by atoms with van der Waals surface area (Å²) in [6.45, 7) is 10.4. The van der Waals surface area contributed by atoms with Crippen LogP contribution < -0.4 is 0 Å². The summed E-state index contributed by atoms with van der Waals surface area (Å²) in [5.41, 5.74) is 8.09. The molecule has 5 heterocycles. The lowest BCUT2D eigenvalue weighted by molar-refractivity contribution is -0.142. The molecule has 7 rings (SSSR count). The van der Waals surface area contributed by atoms with Crippen LogP contribution in [0.15, 0.2) is 72.3 Å². The summed E-state index contributed by atoms with van der Waals surface area (Å²) >= 11 is 6.88. The van der Waals surface area contributed by atoms with Crippen molar-refractivity contribution in [3.63, 3.8) is 0 Å². The minimum Gasteiger partial charge on any atom is -0.480 e. The highest BCUT2D eigenvalue weighted by atomic mass is 32.1. The highest BCUT2D eigenvalue weighted by Crippen LogP contribution is 2.49. The predicted molar refractivity (Wildman–Crippen MR) is 221 cm³/mol. The van der Waals surface area contributed by atoms with Gasteiger partial charge in [0.1, 0.15) is 24.7 Å². The molecule has 0 unspecified atom stereocenters. The first kappa shape index (κ1) is 36.1. The van der Waals surface area contributed by atoms with Gasteiger partial charge in [0.05, 0.1) is 6.07 Å². The Morgan fingerprint density at radius 2 is 1.32 bits per heavy atom. The van der Waals surface area contributed by atoms with Gasteiger partial charge in [-0.2, -0.15) is 10.5 Å². The van der Waals surface area contributed by atoms with Gasteiger partial charge in [0.2, 0.25) is 0 Å². The predicted octanol–water partition coefficient (Wildman–Crippen LogP) is 11.3. The number of carbonyl (C=O) groups excluding carboxylic acids is 1. The molecule has 264 valence electrons. The number of hydrogen-bond donors (Lipinski definition) is 1. The van der Waals surface area contributed by atoms with Crippen LogP contribution in [0.2, 0.25) is 0 Å². The van der Waals surface area contributed by atoms with Gasteiger partial charge >= 0.3 is 5.97 Å². The number of amides is 1. The van der Waals surface area contributed by atoms with Crippen LogP contribution in [-0.2, 0) is 16.1 Å². The van der Waals surface area contributed by atoms with Crippen LogP contribution in [0.5, 0.6) is 0 Å². The number of carboxylic acid groups (broad SMARTS) is 1. The molecule has 1 N–H and O–H groups in total. The summed E-state index contributed by atoms with van der Waals surface area (Å²) in [4.78, 5) is 34.2. The second-order valence-electron chi connectivity index (χ2n) is 12.9. The van der Waals surface area contributed by atoms with E-state index < -0.39 is 25.0 Å². The molecular formula is C42H34N4O3S4. The molecule has 0 bridgehead atoms. The van der Waals surface area contributed by atoms with E-state index in [-0.39, 0.29) is 5.57 Å². The first-order valence-electron chi connectivity index (χ1n) is 16.9. The minimum atomic E-state index is -1.25. The number of nitrogens with zero attached hydrogens (tertiary/aromatic N) is 4. The zero-order valence-electron chi connectivity index (χ0n) is 29.7. The van der Waals surface area contributed by atoms with Gasteiger partial charge in [0.15, 0.2) is 0 Å². The number of carboxylic acids is 1. The number of nitriles is 2. The third-order valence-electron chi connectivity index (χ3n) is 9.26. The molecule has 53 heavy (non-hydrogen) atoms. The van der Waals surface area contributed by atoms with Gasteiger partial charge < -0.3 is 14.6 Å². The highest BCUT2D eigenvalue weighted by Gasteiger charge is 2.23. The third-order valence-corrected chi connectivity index (χ3v) is 14.7. The van der Waals surface area contributed by atoms with Crippen LogP contribution in [0.3, 0.4) is 0 Å². The number of fused-ring (bicyclic) bond motifs is 3. The van der Waals surface area contributed by atoms with Crippen LogP contribution >= 0.6 is 45.3 Å². The fourth-order valence-electron chi connectivity index (χ4n) is 6.74. The Hall–Kier alpha value is -5.30. The van der Waals surface area contributed by atoms with Crippen molar-refractivity contribution in [3.05, 3.63) is 99.4 Å². The molecule has 0 aliphatic heterocycles. The normalized spacial score (nSPS) is 11.6. The van der Waals surface area contributed by atoms with E-state index in [1.54, 1.807) is 17.4 Å². The van der Waals surface area contributed by atoms with Gasteiger partial charge in [0.25, 0.3) is 5.91 Å². The molecule has 0 spiro atoms. The molecule has 0 radical (unpaired) electrons. The number of rotatable bonds is 10. The van der Waals surface area contributed by atoms with Gasteiger partial charge in [0, 0.05) is 67.4 Å². The third kappa shape index (κ3) is 6.74. The van der Waals surface area contributed by atoms with Crippen LogP contribution in [0, 0.1) is 50.4 Å². The first-order valence-corrected chi connectivity index (χ1v) is 20.2. The van der Waals surface area contributed by atoms with E-state index in [4.69, 9.17) is 5.26 Å². The van der Waals surface area contributed by atoms with Crippen molar-refractivity contribution in [3.8, 4) is 51.8 Å². The van der Waals surface area contributed by atoms with Crippen LogP contribution in [0.25, 0.3) is 67.6 Å². The van der Waals surface area contributed by atoms with E-state index in [2.05, 4.69) is 99.0 Å². The lowest BCUT2D eigenvalue weighted by Gasteiger charge is -2.16. The Morgan fingerprint density at radius 3 is 1.92 bits per heavy atom. The van der Waals surface area contributed by atoms with Crippen LogP contribution in [0.1, 0.15) is 34.1 Å². The van der Waals surface area contributed by atoms with E-state index in [0.717, 1.165) is 37.2 Å². The molecule has 0 aliphatic carbocycles. The average Bonchev–Trinajstić information content (AvgIpc) is 3.96. The molecular weight excluding hydrogens is 737 g/mol. The molecule has 0 saturated carbocycles. The Balaban J connectivity index is 1.17. The maximum absolute atomic E-state index is 13.0. The molecule has 0 aliphatic rings. The van der Waals surface area contributed by atoms with E-state index in [1.807, 2.05) is 35.7 Å². The van der Waals surface area contributed by atoms with E-state index in [0.29, 0.717) is 0 Å². The van der Waals surface area contributed by atoms with Crippen molar-refractivity contribution >= 4 is 85.1 Å². The van der Waals surface area contributed by atoms with Gasteiger partial charge in [-0.3, -0.25) is 9.59 Å². The number of para-hydroxylation sites is 1. The Bertz CT molecular complexity index is 2700. The second-order valence-corrected chi connectivity index (χ2v) is 17.1. The maximum atomic E-state index is 13.0. The number of aliphatic carboxylic acids is 1. The number of thiophene rings is 4. The van der Waals surface area contributed by atoms with E-state index in [1.165, 1.54) is 80.3 Å². The molecule has 0 atom stereocenters. The molecule has 1 amide bonds. The number of aromatic nitrogens is 1. The summed E-state index contributed by atoms with van der Waals surface area (Å²) < 4.78 is 2.38. The fraction of sp³-hybridized carbons (Fsp3) is 0.190. The maximum Gasteiger partial charge on any atom is 0.323 e. The van der Waals surface area contributed by atoms with Gasteiger partial charge in [-0.25, -0.2) is 0 Å². The van der Waals surface area contributed by atoms with Gasteiger partial charge in [-0.05, 0) is 111 Å². The Labute approximate surface area is 323 Å². The molecule has 7 aromatic rings. The standard InChI is InChI=1S/C42H34N4O3S4/c1-6-46-31-10-8-7-9-29(31)30-19-27(11-12-32(30)46)34-16-24(3)40(51-34)36-18-26(5)41(53-36)37-17-25(4)39(52-37)35-15-23(2)33(50-35)20-28(21-44)42(49)45(14-13-43)22-38(47)48/h7-12,15-20H,6,14,22H2,1-5H3,(H,47,48)/b28-20+. The summed E-state index contributed by atoms with van der Waals surface area (Å²) in [5, 5.41) is 30.6. The van der Waals surface area contributed by atoms with Crippen molar-refractivity contribution < 1.29 is 14.7 Å². The first-order chi connectivity index (χ1) is 25.5. The summed E-state index contributed by atoms with van der Waals surface area (Å²) in [6, 6.07) is 28.1. The van der Waals surface area contributed by atoms with Crippen molar-refractivity contribution in [1.29, 1.82) is 10.5 Å². The number of carbonyl (C=O) groups is 2. The minimum absolute atomic E-state index is 0.208. The lowest BCUT2D eigenvalue weighted by atomic mass is 10.1. The number of benzene rings is 2. The molecule has 7 nitrogen and oxygen atoms in total. The zero-order valence-corrected chi connectivity index (χ0v) is 33.0. The van der Waals surface area contributed by atoms with Crippen molar-refractivity contribution in [2.45, 2.75) is 41.2 Å². The summed E-state index contributed by atoms with van der Waals surface area (Å²) in [7, 11) is 0. The molecule has 0 fully saturated rings. The van der Waals surface area contributed by atoms with Crippen molar-refractivity contribution in [1.82, 2.24) is 9.47 Å². The summed E-state index contributed by atoms with van der Waals surface area (Å²) in [5.74, 6) is -2.03. The smallest absolute Gasteiger partial charge is 0.323 e. The van der Waals surface area contributed by atoms with Crippen molar-refractivity contribution in [2.75, 3.05) is 13.1 Å². The van der Waals surface area contributed by atoms with Crippen molar-refractivity contribution in [2.24, 2.45) is 0 Å². The van der Waals surface area contributed by atoms with Gasteiger partial charge in [-0.15, -0.1) is 45.3 Å². The number of aryl methyl sites for hydroxylation is 5. The van der Waals surface area contributed by atoms with E-state index >= 15 is 0 Å². The second kappa shape index (κ2) is 14.6. The fourth-order valence-corrected chi connectivity index (χ4v) is 11.9. The van der Waals surface area contributed by atoms with Crippen LogP contribution in [-0.4, -0.2) is 39.5 Å². The largest absolute Gasteiger partial charge is 0.480 e. The van der Waals surface area contributed by atoms with Gasteiger partial charge in [-0.1, -0.05) is 24.3 Å². The molecule has 11 heteroatoms. The SMILES string of the molecule is CCn1c2ccccc2c2cc(-c3cc(C)c(-c4cc(C)c(-c5cc(C)c(-c6cc(C)c(/C=C(\C#N)C(=O)N(CC#N)CC(=O)O)s6)s5)s4)s3)ccc21. The Morgan fingerprint density at radius 1 is 0.755 bits per heavy atom. The summed E-state index contributed by atoms with van der Waals surface area (Å²) in [6.07, 6.45) is 1.50. The molecule has 0 saturated heterocycles. The zero-order chi connectivity index (χ0) is 37.6. The number of hydrogen-bond acceptors (Lipinski definition) is 8. The molecule has 2 aromatic carbocycles. The Kier molecular flexibility index (Phi) is 9.95. The quantitative estimate of drug-likeness (QED) is 0.0846. The highest BCUT2D eigenvalue weighted by molar-refractivity contribution is 7.29.